The van der Waals surface area contributed by atoms with Crippen LogP contribution in [0.5, 0.6) is 0 Å². The molecule has 1 aromatic rings. The van der Waals surface area contributed by atoms with E-state index in [1.54, 1.807) is 12.1 Å². The number of rotatable bonds is 2. The quantitative estimate of drug-likeness (QED) is 0.762. The van der Waals surface area contributed by atoms with Gasteiger partial charge in [0.1, 0.15) is 5.82 Å². The number of benzene rings is 1. The highest BCUT2D eigenvalue weighted by atomic mass is 19.1. The monoisotopic (exact) mass is 291 g/mol. The smallest absolute Gasteiger partial charge is 0.123 e. The Balaban J connectivity index is 2.08. The molecule has 2 N–H and O–H groups in total. The maximum Gasteiger partial charge on any atom is 0.123 e. The van der Waals surface area contributed by atoms with Crippen LogP contribution in [-0.4, -0.2) is 5.54 Å². The van der Waals surface area contributed by atoms with Gasteiger partial charge in [-0.1, -0.05) is 33.3 Å². The molecular weight excluding hydrogens is 261 g/mol. The van der Waals surface area contributed by atoms with E-state index in [0.717, 1.165) is 30.7 Å². The molecule has 1 saturated carbocycles. The van der Waals surface area contributed by atoms with Gasteiger partial charge >= 0.3 is 0 Å². The highest BCUT2D eigenvalue weighted by Crippen LogP contribution is 2.40. The van der Waals surface area contributed by atoms with Gasteiger partial charge in [-0.3, -0.25) is 0 Å². The van der Waals surface area contributed by atoms with Crippen LogP contribution in [0.4, 0.5) is 4.39 Å². The molecule has 21 heavy (non-hydrogen) atoms. The minimum atomic E-state index is -0.156. The highest BCUT2D eigenvalue weighted by Gasteiger charge is 2.33. The first-order valence-corrected chi connectivity index (χ1v) is 8.24. The normalized spacial score (nSPS) is 27.4. The SMILES string of the molecule is Cc1cc(F)ccc1CC1(N)CCCC(C(C)(C)C)CC1. The van der Waals surface area contributed by atoms with Crippen molar-refractivity contribution in [2.75, 3.05) is 0 Å². The third kappa shape index (κ3) is 4.29. The number of hydrogen-bond donors (Lipinski definition) is 1. The van der Waals surface area contributed by atoms with Crippen LogP contribution in [-0.2, 0) is 6.42 Å². The molecule has 1 aliphatic rings. The first kappa shape index (κ1) is 16.5. The molecule has 1 aliphatic carbocycles. The minimum Gasteiger partial charge on any atom is -0.325 e. The summed E-state index contributed by atoms with van der Waals surface area (Å²) in [6, 6.07) is 5.08. The van der Waals surface area contributed by atoms with Crippen molar-refractivity contribution in [2.45, 2.75) is 71.8 Å². The van der Waals surface area contributed by atoms with Gasteiger partial charge in [-0.2, -0.15) is 0 Å². The van der Waals surface area contributed by atoms with Gasteiger partial charge in [-0.05, 0) is 73.6 Å². The fraction of sp³-hybridized carbons (Fsp3) is 0.684. The molecule has 0 radical (unpaired) electrons. The van der Waals surface area contributed by atoms with Crippen LogP contribution in [0.1, 0.15) is 64.0 Å². The second-order valence-electron chi connectivity index (χ2n) is 8.10. The van der Waals surface area contributed by atoms with Crippen molar-refractivity contribution in [1.29, 1.82) is 0 Å². The summed E-state index contributed by atoms with van der Waals surface area (Å²) in [6.07, 6.45) is 6.72. The number of halogens is 1. The average Bonchev–Trinajstić information content (AvgIpc) is 2.55. The standard InChI is InChI=1S/C19H30FN/c1-14-12-17(20)8-7-15(14)13-19(21)10-5-6-16(9-11-19)18(2,3)4/h7-8,12,16H,5-6,9-11,13,21H2,1-4H3. The van der Waals surface area contributed by atoms with Gasteiger partial charge < -0.3 is 5.73 Å². The van der Waals surface area contributed by atoms with Crippen molar-refractivity contribution in [1.82, 2.24) is 0 Å². The van der Waals surface area contributed by atoms with Crippen molar-refractivity contribution >= 4 is 0 Å². The molecule has 0 aromatic heterocycles. The Bertz CT molecular complexity index is 489. The van der Waals surface area contributed by atoms with E-state index in [9.17, 15) is 4.39 Å². The van der Waals surface area contributed by atoms with E-state index in [-0.39, 0.29) is 11.4 Å². The molecule has 0 spiro atoms. The van der Waals surface area contributed by atoms with Crippen molar-refractivity contribution in [3.63, 3.8) is 0 Å². The van der Waals surface area contributed by atoms with E-state index in [1.807, 2.05) is 13.0 Å². The first-order chi connectivity index (χ1) is 9.70. The predicted octanol–water partition coefficient (Wildman–Crippen LogP) is 5.00. The van der Waals surface area contributed by atoms with Gasteiger partial charge in [0.05, 0.1) is 0 Å². The van der Waals surface area contributed by atoms with E-state index >= 15 is 0 Å². The van der Waals surface area contributed by atoms with Gasteiger partial charge in [0.2, 0.25) is 0 Å². The molecule has 2 heteroatoms. The van der Waals surface area contributed by atoms with E-state index in [0.29, 0.717) is 5.41 Å². The summed E-state index contributed by atoms with van der Waals surface area (Å²) in [5.41, 5.74) is 9.19. The molecule has 2 unspecified atom stereocenters. The fourth-order valence-corrected chi connectivity index (χ4v) is 3.71. The second kappa shape index (κ2) is 6.08. The Morgan fingerprint density at radius 2 is 1.95 bits per heavy atom. The van der Waals surface area contributed by atoms with Crippen LogP contribution in [0, 0.1) is 24.1 Å². The van der Waals surface area contributed by atoms with Crippen LogP contribution in [0.25, 0.3) is 0 Å². The van der Waals surface area contributed by atoms with Crippen LogP contribution in [0.2, 0.25) is 0 Å². The topological polar surface area (TPSA) is 26.0 Å². The molecule has 0 amide bonds. The Kier molecular flexibility index (Phi) is 4.77. The zero-order chi connectivity index (χ0) is 15.7. The molecule has 118 valence electrons. The number of hydrogen-bond acceptors (Lipinski definition) is 1. The molecule has 0 aliphatic heterocycles. The van der Waals surface area contributed by atoms with E-state index in [1.165, 1.54) is 24.8 Å². The van der Waals surface area contributed by atoms with Gasteiger partial charge in [-0.25, -0.2) is 4.39 Å². The average molecular weight is 291 g/mol. The lowest BCUT2D eigenvalue weighted by Crippen LogP contribution is -2.41. The summed E-state index contributed by atoms with van der Waals surface area (Å²) >= 11 is 0. The summed E-state index contributed by atoms with van der Waals surface area (Å²) in [7, 11) is 0. The molecule has 0 bridgehead atoms. The maximum atomic E-state index is 13.2. The first-order valence-electron chi connectivity index (χ1n) is 8.24. The fourth-order valence-electron chi connectivity index (χ4n) is 3.71. The molecule has 1 fully saturated rings. The van der Waals surface area contributed by atoms with Crippen LogP contribution < -0.4 is 5.73 Å². The summed E-state index contributed by atoms with van der Waals surface area (Å²) in [6.45, 7) is 9.00. The zero-order valence-electron chi connectivity index (χ0n) is 14.0. The lowest BCUT2D eigenvalue weighted by molar-refractivity contribution is 0.210. The summed E-state index contributed by atoms with van der Waals surface area (Å²) in [5, 5.41) is 0. The van der Waals surface area contributed by atoms with Gasteiger partial charge in [0.15, 0.2) is 0 Å². The van der Waals surface area contributed by atoms with Crippen molar-refractivity contribution < 1.29 is 4.39 Å². The number of aryl methyl sites for hydroxylation is 1. The summed E-state index contributed by atoms with van der Waals surface area (Å²) in [4.78, 5) is 0. The Morgan fingerprint density at radius 3 is 2.57 bits per heavy atom. The third-order valence-electron chi connectivity index (χ3n) is 5.29. The van der Waals surface area contributed by atoms with Gasteiger partial charge in [0.25, 0.3) is 0 Å². The zero-order valence-corrected chi connectivity index (χ0v) is 14.0. The molecular formula is C19H30FN. The van der Waals surface area contributed by atoms with Crippen LogP contribution in [0.15, 0.2) is 18.2 Å². The minimum absolute atomic E-state index is 0.122. The Labute approximate surface area is 129 Å². The largest absolute Gasteiger partial charge is 0.325 e. The van der Waals surface area contributed by atoms with E-state index < -0.39 is 0 Å². The molecule has 1 nitrogen and oxygen atoms in total. The van der Waals surface area contributed by atoms with Crippen molar-refractivity contribution in [3.8, 4) is 0 Å². The Hall–Kier alpha value is -0.890. The summed E-state index contributed by atoms with van der Waals surface area (Å²) < 4.78 is 13.2. The summed E-state index contributed by atoms with van der Waals surface area (Å²) in [5.74, 6) is 0.605. The second-order valence-corrected chi connectivity index (χ2v) is 8.10. The lowest BCUT2D eigenvalue weighted by atomic mass is 9.76. The highest BCUT2D eigenvalue weighted by molar-refractivity contribution is 5.28. The van der Waals surface area contributed by atoms with Crippen LogP contribution >= 0.6 is 0 Å². The van der Waals surface area contributed by atoms with Crippen molar-refractivity contribution in [2.24, 2.45) is 17.1 Å². The molecule has 0 heterocycles. The van der Waals surface area contributed by atoms with E-state index in [4.69, 9.17) is 5.73 Å². The van der Waals surface area contributed by atoms with E-state index in [2.05, 4.69) is 20.8 Å². The molecule has 2 rings (SSSR count). The van der Waals surface area contributed by atoms with Crippen LogP contribution in [0.3, 0.4) is 0 Å². The number of nitrogens with two attached hydrogens (primary N) is 1. The molecule has 0 saturated heterocycles. The molecule has 2 atom stereocenters. The molecule has 1 aromatic carbocycles. The lowest BCUT2D eigenvalue weighted by Gasteiger charge is -2.32. The van der Waals surface area contributed by atoms with Gasteiger partial charge in [0, 0.05) is 5.54 Å². The van der Waals surface area contributed by atoms with Gasteiger partial charge in [-0.15, -0.1) is 0 Å². The van der Waals surface area contributed by atoms with Crippen molar-refractivity contribution in [3.05, 3.63) is 35.1 Å². The Morgan fingerprint density at radius 1 is 1.24 bits per heavy atom. The third-order valence-corrected chi connectivity index (χ3v) is 5.29. The predicted molar refractivity (Wildman–Crippen MR) is 87.8 cm³/mol. The maximum absolute atomic E-state index is 13.2.